The zero-order chi connectivity index (χ0) is 16.7. The molecule has 0 saturated heterocycles. The van der Waals surface area contributed by atoms with Gasteiger partial charge in [0.15, 0.2) is 5.96 Å². The lowest BCUT2D eigenvalue weighted by Gasteiger charge is -2.28. The third kappa shape index (κ3) is 6.04. The van der Waals surface area contributed by atoms with Gasteiger partial charge >= 0.3 is 6.61 Å². The Bertz CT molecular complexity index is 514. The van der Waals surface area contributed by atoms with Crippen LogP contribution >= 0.6 is 0 Å². The van der Waals surface area contributed by atoms with Crippen molar-refractivity contribution < 1.29 is 13.5 Å². The van der Waals surface area contributed by atoms with Gasteiger partial charge in [0.05, 0.1) is 0 Å². The third-order valence-corrected chi connectivity index (χ3v) is 4.16. The van der Waals surface area contributed by atoms with Crippen molar-refractivity contribution in [2.45, 2.75) is 51.8 Å². The molecule has 4 nitrogen and oxygen atoms in total. The largest absolute Gasteiger partial charge is 0.435 e. The molecule has 0 atom stereocenters. The van der Waals surface area contributed by atoms with Crippen LogP contribution in [-0.4, -0.2) is 25.7 Å². The lowest BCUT2D eigenvalue weighted by molar-refractivity contribution is -0.0498. The second-order valence-electron chi connectivity index (χ2n) is 6.05. The molecule has 1 saturated carbocycles. The van der Waals surface area contributed by atoms with Gasteiger partial charge in [-0.05, 0) is 49.3 Å². The average molecular weight is 325 g/mol. The lowest BCUT2D eigenvalue weighted by Crippen LogP contribution is -2.44. The van der Waals surface area contributed by atoms with Gasteiger partial charge in [0.2, 0.25) is 0 Å². The number of halogens is 2. The Hall–Kier alpha value is -1.85. The topological polar surface area (TPSA) is 45.7 Å². The summed E-state index contributed by atoms with van der Waals surface area (Å²) in [5.74, 6) is 1.72. The summed E-state index contributed by atoms with van der Waals surface area (Å²) in [5, 5.41) is 6.65. The van der Waals surface area contributed by atoms with Gasteiger partial charge in [0.1, 0.15) is 5.75 Å². The van der Waals surface area contributed by atoms with Crippen LogP contribution in [0.3, 0.4) is 0 Å². The summed E-state index contributed by atoms with van der Waals surface area (Å²) >= 11 is 0. The molecule has 1 aliphatic carbocycles. The van der Waals surface area contributed by atoms with Crippen molar-refractivity contribution in [3.63, 3.8) is 0 Å². The van der Waals surface area contributed by atoms with E-state index < -0.39 is 6.61 Å². The van der Waals surface area contributed by atoms with Crippen LogP contribution in [0.5, 0.6) is 5.75 Å². The normalized spacial score (nSPS) is 22.0. The quantitative estimate of drug-likeness (QED) is 0.643. The Morgan fingerprint density at radius 1 is 1.30 bits per heavy atom. The fraction of sp³-hybridized carbons (Fsp3) is 0.588. The summed E-state index contributed by atoms with van der Waals surface area (Å²) in [6.07, 6.45) is 4.78. The number of nitrogens with zero attached hydrogens (tertiary/aromatic N) is 1. The summed E-state index contributed by atoms with van der Waals surface area (Å²) in [7, 11) is 1.73. The van der Waals surface area contributed by atoms with E-state index in [1.54, 1.807) is 19.2 Å². The summed E-state index contributed by atoms with van der Waals surface area (Å²) < 4.78 is 28.9. The Balaban J connectivity index is 1.83. The zero-order valence-corrected chi connectivity index (χ0v) is 13.7. The van der Waals surface area contributed by atoms with E-state index >= 15 is 0 Å². The van der Waals surface area contributed by atoms with Gasteiger partial charge in [0.25, 0.3) is 0 Å². The smallest absolute Gasteiger partial charge is 0.387 e. The van der Waals surface area contributed by atoms with E-state index in [-0.39, 0.29) is 5.75 Å². The molecule has 0 spiro atoms. The molecule has 6 heteroatoms. The van der Waals surface area contributed by atoms with Gasteiger partial charge in [-0.15, -0.1) is 0 Å². The number of alkyl halides is 2. The van der Waals surface area contributed by atoms with Crippen molar-refractivity contribution in [3.05, 3.63) is 29.8 Å². The maximum atomic E-state index is 12.2. The number of rotatable bonds is 5. The van der Waals surface area contributed by atoms with Crippen molar-refractivity contribution >= 4 is 5.96 Å². The molecule has 0 radical (unpaired) electrons. The lowest BCUT2D eigenvalue weighted by atomic mass is 9.87. The number of aliphatic imine (C=N–C) groups is 1. The molecule has 1 fully saturated rings. The Kier molecular flexibility index (Phi) is 6.62. The number of benzene rings is 1. The second kappa shape index (κ2) is 8.70. The van der Waals surface area contributed by atoms with Crippen LogP contribution in [0.2, 0.25) is 0 Å². The Labute approximate surface area is 136 Å². The molecule has 1 aromatic rings. The molecular weight excluding hydrogens is 300 g/mol. The highest BCUT2D eigenvalue weighted by Crippen LogP contribution is 2.23. The van der Waals surface area contributed by atoms with Crippen LogP contribution in [-0.2, 0) is 6.54 Å². The zero-order valence-electron chi connectivity index (χ0n) is 13.7. The van der Waals surface area contributed by atoms with Gasteiger partial charge in [-0.25, -0.2) is 0 Å². The van der Waals surface area contributed by atoms with E-state index in [1.165, 1.54) is 18.9 Å². The molecule has 2 N–H and O–H groups in total. The first kappa shape index (κ1) is 17.5. The summed E-state index contributed by atoms with van der Waals surface area (Å²) in [5.41, 5.74) is 0.864. The minimum absolute atomic E-state index is 0.170. The van der Waals surface area contributed by atoms with Crippen molar-refractivity contribution in [1.29, 1.82) is 0 Å². The molecular formula is C17H25F2N3O. The van der Waals surface area contributed by atoms with Crippen molar-refractivity contribution in [2.75, 3.05) is 7.05 Å². The Morgan fingerprint density at radius 3 is 2.70 bits per heavy atom. The van der Waals surface area contributed by atoms with E-state index in [1.807, 2.05) is 6.07 Å². The highest BCUT2D eigenvalue weighted by Gasteiger charge is 2.18. The summed E-state index contributed by atoms with van der Waals surface area (Å²) in [6, 6.07) is 7.14. The highest BCUT2D eigenvalue weighted by molar-refractivity contribution is 5.79. The van der Waals surface area contributed by atoms with Crippen LogP contribution < -0.4 is 15.4 Å². The van der Waals surface area contributed by atoms with Crippen LogP contribution in [0, 0.1) is 5.92 Å². The first-order chi connectivity index (χ1) is 11.1. The predicted molar refractivity (Wildman–Crippen MR) is 87.8 cm³/mol. The molecule has 0 bridgehead atoms. The fourth-order valence-electron chi connectivity index (χ4n) is 2.81. The number of nitrogens with one attached hydrogen (secondary N) is 2. The van der Waals surface area contributed by atoms with E-state index in [0.29, 0.717) is 12.6 Å². The number of guanidine groups is 1. The molecule has 0 amide bonds. The molecule has 0 unspecified atom stereocenters. The third-order valence-electron chi connectivity index (χ3n) is 4.16. The monoisotopic (exact) mass is 325 g/mol. The number of hydrogen-bond donors (Lipinski definition) is 2. The van der Waals surface area contributed by atoms with Crippen molar-refractivity contribution in [2.24, 2.45) is 10.9 Å². The molecule has 128 valence electrons. The molecule has 23 heavy (non-hydrogen) atoms. The van der Waals surface area contributed by atoms with E-state index in [0.717, 1.165) is 30.3 Å². The van der Waals surface area contributed by atoms with Crippen molar-refractivity contribution in [1.82, 2.24) is 10.6 Å². The van der Waals surface area contributed by atoms with Gasteiger partial charge < -0.3 is 15.4 Å². The van der Waals surface area contributed by atoms with Crippen LogP contribution in [0.15, 0.2) is 29.3 Å². The molecule has 2 rings (SSSR count). The number of ether oxygens (including phenoxy) is 1. The molecule has 1 aliphatic rings. The van der Waals surface area contributed by atoms with Gasteiger partial charge in [0, 0.05) is 19.6 Å². The standard InChI is InChI=1S/C17H25F2N3O/c1-12-6-8-14(9-7-12)22-17(20-2)21-11-13-4-3-5-15(10-13)23-16(18)19/h3-5,10,12,14,16H,6-9,11H2,1-2H3,(H2,20,21,22). The second-order valence-corrected chi connectivity index (χ2v) is 6.05. The molecule has 0 aliphatic heterocycles. The predicted octanol–water partition coefficient (Wildman–Crippen LogP) is 3.53. The van der Waals surface area contributed by atoms with Crippen molar-refractivity contribution in [3.8, 4) is 5.75 Å². The highest BCUT2D eigenvalue weighted by atomic mass is 19.3. The van der Waals surface area contributed by atoms with Crippen LogP contribution in [0.4, 0.5) is 8.78 Å². The van der Waals surface area contributed by atoms with Crippen LogP contribution in [0.25, 0.3) is 0 Å². The maximum absolute atomic E-state index is 12.2. The summed E-state index contributed by atoms with van der Waals surface area (Å²) in [6.45, 7) is -0.0117. The fourth-order valence-corrected chi connectivity index (χ4v) is 2.81. The van der Waals surface area contributed by atoms with Gasteiger partial charge in [-0.3, -0.25) is 4.99 Å². The average Bonchev–Trinajstić information content (AvgIpc) is 2.53. The van der Waals surface area contributed by atoms with E-state index in [4.69, 9.17) is 0 Å². The minimum Gasteiger partial charge on any atom is -0.435 e. The summed E-state index contributed by atoms with van der Waals surface area (Å²) in [4.78, 5) is 4.23. The maximum Gasteiger partial charge on any atom is 0.387 e. The first-order valence-electron chi connectivity index (χ1n) is 8.07. The van der Waals surface area contributed by atoms with E-state index in [9.17, 15) is 8.78 Å². The molecule has 0 heterocycles. The first-order valence-corrected chi connectivity index (χ1v) is 8.07. The Morgan fingerprint density at radius 2 is 2.04 bits per heavy atom. The van der Waals surface area contributed by atoms with Crippen LogP contribution in [0.1, 0.15) is 38.2 Å². The minimum atomic E-state index is -2.80. The number of hydrogen-bond acceptors (Lipinski definition) is 2. The van der Waals surface area contributed by atoms with Gasteiger partial charge in [-0.1, -0.05) is 19.1 Å². The van der Waals surface area contributed by atoms with Gasteiger partial charge in [-0.2, -0.15) is 8.78 Å². The van der Waals surface area contributed by atoms with E-state index in [2.05, 4.69) is 27.3 Å². The molecule has 1 aromatic carbocycles. The SMILES string of the molecule is CN=C(NCc1cccc(OC(F)F)c1)NC1CCC(C)CC1. The molecule has 0 aromatic heterocycles.